The molecule has 2 aromatic rings. The zero-order valence-corrected chi connectivity index (χ0v) is 16.9. The van der Waals surface area contributed by atoms with Crippen LogP contribution in [0.2, 0.25) is 0 Å². The van der Waals surface area contributed by atoms with Crippen molar-refractivity contribution in [1.29, 1.82) is 0 Å². The van der Waals surface area contributed by atoms with Gasteiger partial charge in [-0.05, 0) is 39.1 Å². The van der Waals surface area contributed by atoms with Crippen molar-refractivity contribution in [2.45, 2.75) is 38.3 Å². The van der Waals surface area contributed by atoms with Crippen LogP contribution < -0.4 is 10.0 Å². The molecule has 8 nitrogen and oxygen atoms in total. The molecule has 0 spiro atoms. The Kier molecular flexibility index (Phi) is 7.11. The molecule has 0 atom stereocenters. The van der Waals surface area contributed by atoms with Crippen molar-refractivity contribution in [3.8, 4) is 0 Å². The number of hydrogen-bond acceptors (Lipinski definition) is 6. The van der Waals surface area contributed by atoms with E-state index < -0.39 is 10.0 Å². The minimum absolute atomic E-state index is 0.00241. The van der Waals surface area contributed by atoms with Crippen molar-refractivity contribution >= 4 is 15.9 Å². The maximum atomic E-state index is 12.3. The van der Waals surface area contributed by atoms with Crippen LogP contribution in [0.5, 0.6) is 0 Å². The minimum atomic E-state index is -3.75. The molecular weight excluding hydrogens is 368 g/mol. The van der Waals surface area contributed by atoms with E-state index in [9.17, 15) is 13.2 Å². The van der Waals surface area contributed by atoms with Gasteiger partial charge in [0.2, 0.25) is 15.9 Å². The predicted molar refractivity (Wildman–Crippen MR) is 101 cm³/mol. The second-order valence-corrected chi connectivity index (χ2v) is 8.29. The number of carbonyl (C=O) groups is 1. The van der Waals surface area contributed by atoms with Gasteiger partial charge in [-0.25, -0.2) is 13.1 Å². The van der Waals surface area contributed by atoms with Crippen LogP contribution in [-0.4, -0.2) is 45.0 Å². The van der Waals surface area contributed by atoms with E-state index in [2.05, 4.69) is 20.1 Å². The fraction of sp³-hybridized carbons (Fsp3) is 0.444. The lowest BCUT2D eigenvalue weighted by Crippen LogP contribution is -2.31. The summed E-state index contributed by atoms with van der Waals surface area (Å²) in [5.74, 6) is -0.00179. The van der Waals surface area contributed by atoms with Crippen LogP contribution in [0.25, 0.3) is 0 Å². The lowest BCUT2D eigenvalue weighted by atomic mass is 10.1. The number of amides is 1. The van der Waals surface area contributed by atoms with Crippen molar-refractivity contribution in [1.82, 2.24) is 20.1 Å². The highest BCUT2D eigenvalue weighted by Gasteiger charge is 2.23. The zero-order valence-electron chi connectivity index (χ0n) is 16.1. The first-order chi connectivity index (χ1) is 12.7. The normalized spacial score (nSPS) is 11.7. The molecule has 0 aliphatic heterocycles. The van der Waals surface area contributed by atoms with Gasteiger partial charge in [0, 0.05) is 26.1 Å². The topological polar surface area (TPSA) is 105 Å². The molecule has 0 aliphatic rings. The Hall–Kier alpha value is -2.23. The quantitative estimate of drug-likeness (QED) is 0.665. The molecule has 148 valence electrons. The second-order valence-electron chi connectivity index (χ2n) is 6.58. The van der Waals surface area contributed by atoms with Crippen molar-refractivity contribution in [2.24, 2.45) is 0 Å². The van der Waals surface area contributed by atoms with Gasteiger partial charge in [0.05, 0.1) is 0 Å². The first kappa shape index (κ1) is 21.1. The first-order valence-corrected chi connectivity index (χ1v) is 10.1. The molecule has 2 rings (SSSR count). The van der Waals surface area contributed by atoms with Gasteiger partial charge in [-0.3, -0.25) is 4.79 Å². The largest absolute Gasteiger partial charge is 0.360 e. The van der Waals surface area contributed by atoms with E-state index >= 15 is 0 Å². The van der Waals surface area contributed by atoms with E-state index in [0.717, 1.165) is 17.7 Å². The Morgan fingerprint density at radius 3 is 2.44 bits per heavy atom. The third-order valence-electron chi connectivity index (χ3n) is 3.96. The van der Waals surface area contributed by atoms with Crippen molar-refractivity contribution < 1.29 is 17.7 Å². The molecule has 1 aromatic heterocycles. The molecule has 0 radical (unpaired) electrons. The number of nitrogens with zero attached hydrogens (tertiary/aromatic N) is 2. The van der Waals surface area contributed by atoms with Gasteiger partial charge in [-0.2, -0.15) is 0 Å². The van der Waals surface area contributed by atoms with E-state index in [1.54, 1.807) is 6.92 Å². The van der Waals surface area contributed by atoms with Crippen molar-refractivity contribution in [3.05, 3.63) is 46.8 Å². The second kappa shape index (κ2) is 9.12. The highest BCUT2D eigenvalue weighted by Crippen LogP contribution is 2.18. The van der Waals surface area contributed by atoms with E-state index in [4.69, 9.17) is 4.52 Å². The molecule has 1 heterocycles. The van der Waals surface area contributed by atoms with Gasteiger partial charge in [-0.1, -0.05) is 29.4 Å². The summed E-state index contributed by atoms with van der Waals surface area (Å²) in [4.78, 5) is 14.2. The third kappa shape index (κ3) is 5.88. The molecule has 0 aliphatic carbocycles. The van der Waals surface area contributed by atoms with Crippen LogP contribution in [0.4, 0.5) is 0 Å². The van der Waals surface area contributed by atoms with Gasteiger partial charge in [0.1, 0.15) is 10.6 Å². The molecule has 0 bridgehead atoms. The van der Waals surface area contributed by atoms with E-state index in [1.807, 2.05) is 38.4 Å². The van der Waals surface area contributed by atoms with Gasteiger partial charge in [0.15, 0.2) is 5.76 Å². The molecule has 0 saturated heterocycles. The summed E-state index contributed by atoms with van der Waals surface area (Å²) in [7, 11) is 0.220. The highest BCUT2D eigenvalue weighted by molar-refractivity contribution is 7.89. The van der Waals surface area contributed by atoms with Crippen LogP contribution in [0.3, 0.4) is 0 Å². The number of sulfonamides is 1. The molecule has 1 amide bonds. The first-order valence-electron chi connectivity index (χ1n) is 8.61. The summed E-state index contributed by atoms with van der Waals surface area (Å²) in [6, 6.07) is 7.89. The Balaban J connectivity index is 1.85. The predicted octanol–water partition coefficient (Wildman–Crippen LogP) is 1.34. The number of aromatic nitrogens is 1. The number of carbonyl (C=O) groups excluding carboxylic acids is 1. The molecular formula is C18H26N4O4S. The number of nitrogens with one attached hydrogen (secondary N) is 2. The van der Waals surface area contributed by atoms with Gasteiger partial charge in [0.25, 0.3) is 0 Å². The van der Waals surface area contributed by atoms with Crippen LogP contribution in [0.15, 0.2) is 33.7 Å². The fourth-order valence-corrected chi connectivity index (χ4v) is 4.09. The summed E-state index contributed by atoms with van der Waals surface area (Å²) in [5, 5.41) is 6.47. The molecule has 27 heavy (non-hydrogen) atoms. The van der Waals surface area contributed by atoms with Crippen LogP contribution >= 0.6 is 0 Å². The molecule has 9 heteroatoms. The lowest BCUT2D eigenvalue weighted by molar-refractivity contribution is -0.121. The van der Waals surface area contributed by atoms with Gasteiger partial charge >= 0.3 is 0 Å². The summed E-state index contributed by atoms with van der Waals surface area (Å²) >= 11 is 0. The average molecular weight is 394 g/mol. The summed E-state index contributed by atoms with van der Waals surface area (Å²) < 4.78 is 31.9. The smallest absolute Gasteiger partial charge is 0.245 e. The number of hydrogen-bond donors (Lipinski definition) is 2. The van der Waals surface area contributed by atoms with Crippen LogP contribution in [0, 0.1) is 13.8 Å². The number of rotatable bonds is 9. The standard InChI is InChI=1S/C18H26N4O4S/c1-13-18(14(2)26-21-13)27(24,25)20-10-9-17(23)19-11-15-7-5-6-8-16(15)12-22(3)4/h5-8,20H,9-12H2,1-4H3,(H,19,23). The number of aryl methyl sites for hydroxylation is 2. The number of benzene rings is 1. The van der Waals surface area contributed by atoms with E-state index in [0.29, 0.717) is 12.2 Å². The Morgan fingerprint density at radius 2 is 1.85 bits per heavy atom. The fourth-order valence-electron chi connectivity index (χ4n) is 2.74. The zero-order chi connectivity index (χ0) is 20.0. The van der Waals surface area contributed by atoms with Gasteiger partial charge in [-0.15, -0.1) is 0 Å². The molecule has 0 saturated carbocycles. The third-order valence-corrected chi connectivity index (χ3v) is 5.67. The molecule has 2 N–H and O–H groups in total. The molecule has 0 unspecified atom stereocenters. The van der Waals surface area contributed by atoms with Crippen molar-refractivity contribution in [2.75, 3.05) is 20.6 Å². The summed E-state index contributed by atoms with van der Waals surface area (Å²) in [5.41, 5.74) is 2.47. The SMILES string of the molecule is Cc1noc(C)c1S(=O)(=O)NCCC(=O)NCc1ccccc1CN(C)C. The van der Waals surface area contributed by atoms with E-state index in [1.165, 1.54) is 6.92 Å². The maximum Gasteiger partial charge on any atom is 0.245 e. The Morgan fingerprint density at radius 1 is 1.19 bits per heavy atom. The van der Waals surface area contributed by atoms with Crippen LogP contribution in [0.1, 0.15) is 29.0 Å². The average Bonchev–Trinajstić information content (AvgIpc) is 2.93. The Bertz CT molecular complexity index is 871. The molecule has 1 aromatic carbocycles. The molecule has 0 fully saturated rings. The van der Waals surface area contributed by atoms with Crippen LogP contribution in [-0.2, 0) is 27.9 Å². The Labute approximate surface area is 160 Å². The van der Waals surface area contributed by atoms with Crippen molar-refractivity contribution in [3.63, 3.8) is 0 Å². The summed E-state index contributed by atoms with van der Waals surface area (Å²) in [6.45, 7) is 4.27. The highest BCUT2D eigenvalue weighted by atomic mass is 32.2. The lowest BCUT2D eigenvalue weighted by Gasteiger charge is -2.14. The minimum Gasteiger partial charge on any atom is -0.360 e. The monoisotopic (exact) mass is 394 g/mol. The summed E-state index contributed by atoms with van der Waals surface area (Å²) in [6.07, 6.45) is 0.0401. The maximum absolute atomic E-state index is 12.3. The van der Waals surface area contributed by atoms with E-state index in [-0.39, 0.29) is 29.5 Å². The van der Waals surface area contributed by atoms with Gasteiger partial charge < -0.3 is 14.7 Å².